The zero-order valence-corrected chi connectivity index (χ0v) is 17.5. The Bertz CT molecular complexity index is 1020. The standard InChI is InChI=1S/C22H26N8/c1-28(2)20-6-4-15(11-24-20)19-8-9-23-22(27-19)26-16-5-7-21(25-12-16)30-14-17-10-18(30)13-29(17)3/h4-9,11-12,17-18H,10,13-14H2,1-3H3,(H,23,26,27). The third-order valence-electron chi connectivity index (χ3n) is 5.97. The quantitative estimate of drug-likeness (QED) is 0.698. The lowest BCUT2D eigenvalue weighted by atomic mass is 10.2. The Labute approximate surface area is 176 Å². The van der Waals surface area contributed by atoms with E-state index in [0.29, 0.717) is 18.0 Å². The van der Waals surface area contributed by atoms with Crippen molar-refractivity contribution in [3.63, 3.8) is 0 Å². The Morgan fingerprint density at radius 2 is 1.87 bits per heavy atom. The molecule has 2 fully saturated rings. The van der Waals surface area contributed by atoms with E-state index in [2.05, 4.69) is 48.2 Å². The van der Waals surface area contributed by atoms with Crippen LogP contribution in [0.3, 0.4) is 0 Å². The first-order valence-electron chi connectivity index (χ1n) is 10.2. The molecule has 154 valence electrons. The number of anilines is 4. The number of fused-ring (bicyclic) bond motifs is 2. The van der Waals surface area contributed by atoms with Crippen LogP contribution >= 0.6 is 0 Å². The molecule has 0 spiro atoms. The lowest BCUT2D eigenvalue weighted by Gasteiger charge is -2.32. The summed E-state index contributed by atoms with van der Waals surface area (Å²) in [5.74, 6) is 2.50. The molecule has 8 heteroatoms. The number of rotatable bonds is 5. The van der Waals surface area contributed by atoms with Crippen LogP contribution in [0.4, 0.5) is 23.3 Å². The van der Waals surface area contributed by atoms with E-state index in [1.54, 1.807) is 6.20 Å². The average Bonchev–Trinajstić information content (AvgIpc) is 3.34. The highest BCUT2D eigenvalue weighted by Crippen LogP contribution is 2.33. The van der Waals surface area contributed by atoms with Gasteiger partial charge < -0.3 is 15.1 Å². The van der Waals surface area contributed by atoms with E-state index in [9.17, 15) is 0 Å². The monoisotopic (exact) mass is 402 g/mol. The minimum absolute atomic E-state index is 0.542. The van der Waals surface area contributed by atoms with Crippen LogP contribution in [0.15, 0.2) is 48.9 Å². The summed E-state index contributed by atoms with van der Waals surface area (Å²) in [4.78, 5) is 25.0. The summed E-state index contributed by atoms with van der Waals surface area (Å²) in [6.07, 6.45) is 6.68. The lowest BCUT2D eigenvalue weighted by molar-refractivity contribution is 0.292. The highest BCUT2D eigenvalue weighted by Gasteiger charge is 2.41. The van der Waals surface area contributed by atoms with Gasteiger partial charge in [-0.05, 0) is 43.8 Å². The molecule has 2 aliphatic rings. The smallest absolute Gasteiger partial charge is 0.227 e. The van der Waals surface area contributed by atoms with E-state index >= 15 is 0 Å². The number of pyridine rings is 2. The normalized spacial score (nSPS) is 20.6. The maximum absolute atomic E-state index is 4.68. The first kappa shape index (κ1) is 18.7. The fourth-order valence-electron chi connectivity index (χ4n) is 4.29. The third kappa shape index (κ3) is 3.54. The summed E-state index contributed by atoms with van der Waals surface area (Å²) in [7, 11) is 6.16. The predicted octanol–water partition coefficient (Wildman–Crippen LogP) is 2.64. The van der Waals surface area contributed by atoms with Gasteiger partial charge in [0.1, 0.15) is 11.6 Å². The number of hydrogen-bond acceptors (Lipinski definition) is 8. The van der Waals surface area contributed by atoms with Crippen LogP contribution in [0.5, 0.6) is 0 Å². The number of nitrogens with one attached hydrogen (secondary N) is 1. The van der Waals surface area contributed by atoms with Gasteiger partial charge in [-0.15, -0.1) is 0 Å². The van der Waals surface area contributed by atoms with Crippen molar-refractivity contribution in [3.05, 3.63) is 48.9 Å². The lowest BCUT2D eigenvalue weighted by Crippen LogP contribution is -2.44. The van der Waals surface area contributed by atoms with E-state index in [0.717, 1.165) is 41.7 Å². The van der Waals surface area contributed by atoms with Gasteiger partial charge >= 0.3 is 0 Å². The van der Waals surface area contributed by atoms with E-state index in [1.165, 1.54) is 6.42 Å². The Kier molecular flexibility index (Phi) is 4.71. The van der Waals surface area contributed by atoms with Crippen LogP contribution in [-0.4, -0.2) is 71.2 Å². The van der Waals surface area contributed by atoms with E-state index in [-0.39, 0.29) is 0 Å². The molecule has 2 bridgehead atoms. The molecule has 2 aliphatic heterocycles. The molecule has 5 rings (SSSR count). The molecule has 3 aromatic heterocycles. The van der Waals surface area contributed by atoms with Crippen molar-refractivity contribution in [3.8, 4) is 11.3 Å². The van der Waals surface area contributed by atoms with Crippen LogP contribution in [0.1, 0.15) is 6.42 Å². The van der Waals surface area contributed by atoms with Crippen molar-refractivity contribution >= 4 is 23.3 Å². The fourth-order valence-corrected chi connectivity index (χ4v) is 4.29. The molecular formula is C22H26N8. The van der Waals surface area contributed by atoms with Gasteiger partial charge in [0.2, 0.25) is 5.95 Å². The summed E-state index contributed by atoms with van der Waals surface area (Å²) in [5.41, 5.74) is 2.65. The molecule has 0 saturated carbocycles. The minimum Gasteiger partial charge on any atom is -0.363 e. The maximum atomic E-state index is 4.68. The first-order chi connectivity index (χ1) is 14.6. The number of nitrogens with zero attached hydrogens (tertiary/aromatic N) is 7. The molecule has 1 N–H and O–H groups in total. The SMILES string of the molecule is CN(C)c1ccc(-c2ccnc(Nc3ccc(N4CC5CC4CN5C)nc3)n2)cn1. The maximum Gasteiger partial charge on any atom is 0.227 e. The van der Waals surface area contributed by atoms with Crippen molar-refractivity contribution in [2.45, 2.75) is 18.5 Å². The second kappa shape index (κ2) is 7.53. The number of piperazine rings is 1. The van der Waals surface area contributed by atoms with E-state index in [1.807, 2.05) is 55.7 Å². The highest BCUT2D eigenvalue weighted by atomic mass is 15.4. The van der Waals surface area contributed by atoms with Crippen LogP contribution in [0.25, 0.3) is 11.3 Å². The van der Waals surface area contributed by atoms with Gasteiger partial charge in [0, 0.05) is 57.2 Å². The van der Waals surface area contributed by atoms with Crippen LogP contribution in [0, 0.1) is 0 Å². The molecule has 2 atom stereocenters. The molecule has 5 heterocycles. The third-order valence-corrected chi connectivity index (χ3v) is 5.97. The fraction of sp³-hybridized carbons (Fsp3) is 0.364. The number of likely N-dealkylation sites (N-methyl/N-ethyl adjacent to an activating group) is 1. The van der Waals surface area contributed by atoms with Crippen LogP contribution < -0.4 is 15.1 Å². The second-order valence-electron chi connectivity index (χ2n) is 8.23. The van der Waals surface area contributed by atoms with Crippen molar-refractivity contribution < 1.29 is 0 Å². The summed E-state index contributed by atoms with van der Waals surface area (Å²) >= 11 is 0. The Morgan fingerprint density at radius 1 is 0.967 bits per heavy atom. The molecule has 3 aromatic rings. The molecule has 0 amide bonds. The van der Waals surface area contributed by atoms with Gasteiger partial charge in [0.05, 0.1) is 17.6 Å². The van der Waals surface area contributed by atoms with Crippen LogP contribution in [-0.2, 0) is 0 Å². The van der Waals surface area contributed by atoms with Gasteiger partial charge in [-0.2, -0.15) is 0 Å². The Hall–Kier alpha value is -3.26. The Balaban J connectivity index is 1.29. The van der Waals surface area contributed by atoms with E-state index in [4.69, 9.17) is 0 Å². The second-order valence-corrected chi connectivity index (χ2v) is 8.23. The molecular weight excluding hydrogens is 376 g/mol. The van der Waals surface area contributed by atoms with Gasteiger partial charge in [-0.1, -0.05) is 0 Å². The summed E-state index contributed by atoms with van der Waals surface area (Å²) in [5, 5.41) is 3.26. The van der Waals surface area contributed by atoms with Crippen molar-refractivity contribution in [1.29, 1.82) is 0 Å². The molecule has 0 aliphatic carbocycles. The van der Waals surface area contributed by atoms with Crippen molar-refractivity contribution in [2.24, 2.45) is 0 Å². The highest BCUT2D eigenvalue weighted by molar-refractivity contribution is 5.62. The van der Waals surface area contributed by atoms with Crippen LogP contribution in [0.2, 0.25) is 0 Å². The Morgan fingerprint density at radius 3 is 2.50 bits per heavy atom. The molecule has 30 heavy (non-hydrogen) atoms. The van der Waals surface area contributed by atoms with Gasteiger partial charge in [0.25, 0.3) is 0 Å². The van der Waals surface area contributed by atoms with Gasteiger partial charge in [-0.25, -0.2) is 19.9 Å². The molecule has 0 radical (unpaired) electrons. The largest absolute Gasteiger partial charge is 0.363 e. The molecule has 2 saturated heterocycles. The minimum atomic E-state index is 0.542. The topological polar surface area (TPSA) is 73.3 Å². The zero-order chi connectivity index (χ0) is 20.7. The number of likely N-dealkylation sites (tertiary alicyclic amines) is 1. The summed E-state index contributed by atoms with van der Waals surface area (Å²) in [6, 6.07) is 11.3. The molecule has 8 nitrogen and oxygen atoms in total. The zero-order valence-electron chi connectivity index (χ0n) is 17.5. The number of hydrogen-bond donors (Lipinski definition) is 1. The summed E-state index contributed by atoms with van der Waals surface area (Å²) < 4.78 is 0. The molecule has 0 aromatic carbocycles. The van der Waals surface area contributed by atoms with E-state index < -0.39 is 0 Å². The van der Waals surface area contributed by atoms with Gasteiger partial charge in [-0.3, -0.25) is 4.90 Å². The first-order valence-corrected chi connectivity index (χ1v) is 10.2. The van der Waals surface area contributed by atoms with Gasteiger partial charge in [0.15, 0.2) is 0 Å². The van der Waals surface area contributed by atoms with Crippen molar-refractivity contribution in [2.75, 3.05) is 49.3 Å². The summed E-state index contributed by atoms with van der Waals surface area (Å²) in [6.45, 7) is 2.18. The number of aromatic nitrogens is 4. The molecule has 2 unspecified atom stereocenters. The average molecular weight is 403 g/mol. The predicted molar refractivity (Wildman–Crippen MR) is 119 cm³/mol. The van der Waals surface area contributed by atoms with Crippen molar-refractivity contribution in [1.82, 2.24) is 24.8 Å².